The topological polar surface area (TPSA) is 29.5 Å². The summed E-state index contributed by atoms with van der Waals surface area (Å²) in [5.74, 6) is 1.88. The summed E-state index contributed by atoms with van der Waals surface area (Å²) < 4.78 is 5.98. The second-order valence-electron chi connectivity index (χ2n) is 5.70. The van der Waals surface area contributed by atoms with Gasteiger partial charge in [0.15, 0.2) is 0 Å². The van der Waals surface area contributed by atoms with Gasteiger partial charge in [0, 0.05) is 0 Å². The molecule has 4 unspecified atom stereocenters. The van der Waals surface area contributed by atoms with Gasteiger partial charge >= 0.3 is 0 Å². The second-order valence-corrected chi connectivity index (χ2v) is 5.70. The maximum absolute atomic E-state index is 10.1. The number of hydrogen-bond acceptors (Lipinski definition) is 2. The normalized spacial score (nSPS) is 32.2. The van der Waals surface area contributed by atoms with Crippen molar-refractivity contribution >= 4 is 0 Å². The minimum Gasteiger partial charge on any atom is -0.487 e. The fourth-order valence-corrected chi connectivity index (χ4v) is 2.95. The van der Waals surface area contributed by atoms with Gasteiger partial charge in [-0.15, -0.1) is 0 Å². The zero-order valence-electron chi connectivity index (χ0n) is 11.6. The number of aliphatic hydroxyl groups is 1. The Morgan fingerprint density at radius 2 is 1.83 bits per heavy atom. The van der Waals surface area contributed by atoms with Crippen LogP contribution in [0.4, 0.5) is 0 Å². The molecule has 1 aliphatic rings. The van der Waals surface area contributed by atoms with Crippen LogP contribution in [0.1, 0.15) is 39.2 Å². The van der Waals surface area contributed by atoms with E-state index in [1.165, 1.54) is 5.56 Å². The number of aliphatic hydroxyl groups excluding tert-OH is 1. The van der Waals surface area contributed by atoms with Crippen molar-refractivity contribution in [1.29, 1.82) is 0 Å². The molecule has 0 aliphatic heterocycles. The quantitative estimate of drug-likeness (QED) is 0.888. The molecular weight excluding hydrogens is 224 g/mol. The maximum Gasteiger partial charge on any atom is 0.127 e. The number of hydrogen-bond donors (Lipinski definition) is 1. The SMILES string of the molecule is CCc1ccc(OC2C(C)CC(C)CC2O)cc1. The third-order valence-electron chi connectivity index (χ3n) is 3.96. The van der Waals surface area contributed by atoms with E-state index in [9.17, 15) is 5.11 Å². The third-order valence-corrected chi connectivity index (χ3v) is 3.96. The van der Waals surface area contributed by atoms with Gasteiger partial charge in [-0.1, -0.05) is 32.9 Å². The number of benzene rings is 1. The van der Waals surface area contributed by atoms with Crippen molar-refractivity contribution in [1.82, 2.24) is 0 Å². The van der Waals surface area contributed by atoms with E-state index in [0.717, 1.165) is 25.0 Å². The van der Waals surface area contributed by atoms with Crippen molar-refractivity contribution in [2.75, 3.05) is 0 Å². The summed E-state index contributed by atoms with van der Waals surface area (Å²) in [6.45, 7) is 6.51. The van der Waals surface area contributed by atoms with E-state index in [1.807, 2.05) is 12.1 Å². The molecule has 2 nitrogen and oxygen atoms in total. The molecule has 1 aliphatic carbocycles. The average Bonchev–Trinajstić information content (AvgIpc) is 2.34. The van der Waals surface area contributed by atoms with Crippen LogP contribution in [-0.2, 0) is 6.42 Å². The lowest BCUT2D eigenvalue weighted by atomic mass is 9.79. The highest BCUT2D eigenvalue weighted by Gasteiger charge is 2.34. The van der Waals surface area contributed by atoms with Crippen LogP contribution in [0.25, 0.3) is 0 Å². The summed E-state index contributed by atoms with van der Waals surface area (Å²) in [4.78, 5) is 0. The Morgan fingerprint density at radius 1 is 1.17 bits per heavy atom. The molecule has 0 bridgehead atoms. The van der Waals surface area contributed by atoms with Crippen LogP contribution in [0.2, 0.25) is 0 Å². The van der Waals surface area contributed by atoms with Gasteiger partial charge in [-0.05, 0) is 48.8 Å². The number of ether oxygens (including phenoxy) is 1. The molecule has 0 spiro atoms. The summed E-state index contributed by atoms with van der Waals surface area (Å²) >= 11 is 0. The predicted molar refractivity (Wildman–Crippen MR) is 73.8 cm³/mol. The molecule has 100 valence electrons. The summed E-state index contributed by atoms with van der Waals surface area (Å²) in [6.07, 6.45) is 2.63. The molecule has 0 aromatic heterocycles. The lowest BCUT2D eigenvalue weighted by Gasteiger charge is -2.36. The first kappa shape index (κ1) is 13.4. The summed E-state index contributed by atoms with van der Waals surface area (Å²) in [5, 5.41) is 10.1. The molecule has 2 heteroatoms. The van der Waals surface area contributed by atoms with Crippen LogP contribution in [0.3, 0.4) is 0 Å². The highest BCUT2D eigenvalue weighted by Crippen LogP contribution is 2.32. The van der Waals surface area contributed by atoms with Gasteiger partial charge in [-0.25, -0.2) is 0 Å². The molecule has 0 heterocycles. The van der Waals surface area contributed by atoms with E-state index in [0.29, 0.717) is 11.8 Å². The standard InChI is InChI=1S/C16H24O2/c1-4-13-5-7-14(8-6-13)18-16-12(3)9-11(2)10-15(16)17/h5-8,11-12,15-17H,4,9-10H2,1-3H3. The maximum atomic E-state index is 10.1. The zero-order chi connectivity index (χ0) is 13.1. The Kier molecular flexibility index (Phi) is 4.28. The highest BCUT2D eigenvalue weighted by molar-refractivity contribution is 5.27. The lowest BCUT2D eigenvalue weighted by molar-refractivity contribution is -0.0388. The molecule has 4 atom stereocenters. The summed E-state index contributed by atoms with van der Waals surface area (Å²) in [7, 11) is 0. The Balaban J connectivity index is 2.03. The van der Waals surface area contributed by atoms with Crippen molar-refractivity contribution in [3.63, 3.8) is 0 Å². The van der Waals surface area contributed by atoms with Crippen molar-refractivity contribution < 1.29 is 9.84 Å². The smallest absolute Gasteiger partial charge is 0.127 e. The van der Waals surface area contributed by atoms with Crippen LogP contribution < -0.4 is 4.74 Å². The first-order valence-corrected chi connectivity index (χ1v) is 7.03. The molecule has 1 aromatic rings. The van der Waals surface area contributed by atoms with Gasteiger partial charge in [0.2, 0.25) is 0 Å². The van der Waals surface area contributed by atoms with Crippen LogP contribution >= 0.6 is 0 Å². The van der Waals surface area contributed by atoms with Gasteiger partial charge in [0.1, 0.15) is 11.9 Å². The van der Waals surface area contributed by atoms with Crippen molar-refractivity contribution in [2.45, 2.75) is 52.2 Å². The summed E-state index contributed by atoms with van der Waals surface area (Å²) in [6, 6.07) is 8.21. The molecule has 1 saturated carbocycles. The van der Waals surface area contributed by atoms with Crippen molar-refractivity contribution in [3.05, 3.63) is 29.8 Å². The molecule has 0 saturated heterocycles. The number of rotatable bonds is 3. The van der Waals surface area contributed by atoms with Crippen LogP contribution in [0.15, 0.2) is 24.3 Å². The first-order valence-electron chi connectivity index (χ1n) is 7.03. The van der Waals surface area contributed by atoms with Crippen LogP contribution in [-0.4, -0.2) is 17.3 Å². The van der Waals surface area contributed by atoms with Gasteiger partial charge in [0.05, 0.1) is 6.10 Å². The monoisotopic (exact) mass is 248 g/mol. The van der Waals surface area contributed by atoms with Crippen LogP contribution in [0.5, 0.6) is 5.75 Å². The third kappa shape index (κ3) is 3.05. The molecule has 0 radical (unpaired) electrons. The van der Waals surface area contributed by atoms with E-state index in [4.69, 9.17) is 4.74 Å². The van der Waals surface area contributed by atoms with Crippen LogP contribution in [0, 0.1) is 11.8 Å². The van der Waals surface area contributed by atoms with Gasteiger partial charge in [-0.3, -0.25) is 0 Å². The minimum atomic E-state index is -0.338. The average molecular weight is 248 g/mol. The fourth-order valence-electron chi connectivity index (χ4n) is 2.95. The fraction of sp³-hybridized carbons (Fsp3) is 0.625. The summed E-state index contributed by atoms with van der Waals surface area (Å²) in [5.41, 5.74) is 1.31. The Hall–Kier alpha value is -1.02. The minimum absolute atomic E-state index is 0.0614. The second kappa shape index (κ2) is 5.75. The largest absolute Gasteiger partial charge is 0.487 e. The van der Waals surface area contributed by atoms with E-state index in [-0.39, 0.29) is 12.2 Å². The Labute approximate surface area is 110 Å². The molecule has 1 N–H and O–H groups in total. The van der Waals surface area contributed by atoms with Crippen molar-refractivity contribution in [2.24, 2.45) is 11.8 Å². The predicted octanol–water partition coefficient (Wildman–Crippen LogP) is 3.42. The zero-order valence-corrected chi connectivity index (χ0v) is 11.6. The molecule has 1 aromatic carbocycles. The molecule has 18 heavy (non-hydrogen) atoms. The molecular formula is C16H24O2. The van der Waals surface area contributed by atoms with Crippen molar-refractivity contribution in [3.8, 4) is 5.75 Å². The first-order chi connectivity index (χ1) is 8.60. The van der Waals surface area contributed by atoms with E-state index in [1.54, 1.807) is 0 Å². The number of aryl methyl sites for hydroxylation is 1. The lowest BCUT2D eigenvalue weighted by Crippen LogP contribution is -2.43. The van der Waals surface area contributed by atoms with E-state index < -0.39 is 0 Å². The Bertz CT molecular complexity index is 359. The Morgan fingerprint density at radius 3 is 2.39 bits per heavy atom. The van der Waals surface area contributed by atoms with Gasteiger partial charge in [0.25, 0.3) is 0 Å². The highest BCUT2D eigenvalue weighted by atomic mass is 16.5. The molecule has 2 rings (SSSR count). The van der Waals surface area contributed by atoms with Gasteiger partial charge in [-0.2, -0.15) is 0 Å². The molecule has 0 amide bonds. The van der Waals surface area contributed by atoms with E-state index >= 15 is 0 Å². The van der Waals surface area contributed by atoms with Gasteiger partial charge < -0.3 is 9.84 Å². The molecule has 1 fully saturated rings. The van der Waals surface area contributed by atoms with E-state index in [2.05, 4.69) is 32.9 Å².